The molecule has 1 amide bonds. The summed E-state index contributed by atoms with van der Waals surface area (Å²) in [4.78, 5) is 17.0. The molecule has 4 heteroatoms. The summed E-state index contributed by atoms with van der Waals surface area (Å²) < 4.78 is 0. The molecule has 1 saturated heterocycles. The molecule has 118 valence electrons. The molecule has 0 spiro atoms. The molecule has 2 unspecified atom stereocenters. The molecule has 0 aromatic heterocycles. The fourth-order valence-corrected chi connectivity index (χ4v) is 2.91. The van der Waals surface area contributed by atoms with Gasteiger partial charge in [0.2, 0.25) is 5.91 Å². The van der Waals surface area contributed by atoms with Crippen molar-refractivity contribution >= 4 is 5.91 Å². The number of rotatable bonds is 9. The van der Waals surface area contributed by atoms with Gasteiger partial charge in [-0.05, 0) is 25.4 Å². The number of likely N-dealkylation sites (N-methyl/N-ethyl adjacent to an activating group) is 1. The largest absolute Gasteiger partial charge is 0.324 e. The molecule has 1 N–H and O–H groups in total. The van der Waals surface area contributed by atoms with E-state index in [4.69, 9.17) is 0 Å². The van der Waals surface area contributed by atoms with Gasteiger partial charge in [-0.15, -0.1) is 0 Å². The highest BCUT2D eigenvalue weighted by Gasteiger charge is 2.39. The van der Waals surface area contributed by atoms with Gasteiger partial charge in [0.1, 0.15) is 0 Å². The minimum atomic E-state index is 0.0408. The molecule has 0 saturated carbocycles. The summed E-state index contributed by atoms with van der Waals surface area (Å²) in [7, 11) is 0. The van der Waals surface area contributed by atoms with Crippen molar-refractivity contribution in [1.82, 2.24) is 15.1 Å². The predicted molar refractivity (Wildman–Crippen MR) is 84.6 cm³/mol. The second-order valence-corrected chi connectivity index (χ2v) is 6.11. The second-order valence-electron chi connectivity index (χ2n) is 6.11. The van der Waals surface area contributed by atoms with Crippen molar-refractivity contribution in [2.24, 2.45) is 5.92 Å². The Labute approximate surface area is 124 Å². The molecule has 0 aromatic carbocycles. The molecule has 0 aliphatic carbocycles. The molecular formula is C16H33N3O. The van der Waals surface area contributed by atoms with Crippen LogP contribution in [0.5, 0.6) is 0 Å². The zero-order chi connectivity index (χ0) is 15.1. The Balaban J connectivity index is 2.62. The lowest BCUT2D eigenvalue weighted by Crippen LogP contribution is -2.45. The van der Waals surface area contributed by atoms with Crippen LogP contribution in [0.1, 0.15) is 53.9 Å². The smallest absolute Gasteiger partial charge is 0.241 e. The van der Waals surface area contributed by atoms with Gasteiger partial charge in [0, 0.05) is 13.1 Å². The molecule has 1 fully saturated rings. The van der Waals surface area contributed by atoms with Crippen molar-refractivity contribution < 1.29 is 4.79 Å². The molecule has 1 heterocycles. The quantitative estimate of drug-likeness (QED) is 0.705. The Bertz CT molecular complexity index is 289. The molecule has 1 rings (SSSR count). The maximum Gasteiger partial charge on any atom is 0.241 e. The molecule has 20 heavy (non-hydrogen) atoms. The fourth-order valence-electron chi connectivity index (χ4n) is 2.91. The van der Waals surface area contributed by atoms with Gasteiger partial charge in [0.25, 0.3) is 0 Å². The third-order valence-corrected chi connectivity index (χ3v) is 4.32. The SMILES string of the molecule is CCCCC1NC(C(C)C)N(CCN(CC)CC)C1=O. The number of nitrogens with zero attached hydrogens (tertiary/aromatic N) is 2. The van der Waals surface area contributed by atoms with Crippen molar-refractivity contribution in [2.45, 2.75) is 66.1 Å². The molecule has 0 radical (unpaired) electrons. The molecule has 0 aromatic rings. The Morgan fingerprint density at radius 1 is 1.25 bits per heavy atom. The maximum absolute atomic E-state index is 12.6. The predicted octanol–water partition coefficient (Wildman–Crippen LogP) is 2.30. The third kappa shape index (κ3) is 4.45. The Morgan fingerprint density at radius 2 is 1.90 bits per heavy atom. The van der Waals surface area contributed by atoms with E-state index >= 15 is 0 Å². The zero-order valence-corrected chi connectivity index (χ0v) is 14.0. The highest BCUT2D eigenvalue weighted by atomic mass is 16.2. The van der Waals surface area contributed by atoms with E-state index in [2.05, 4.69) is 49.7 Å². The van der Waals surface area contributed by atoms with Gasteiger partial charge in [-0.3, -0.25) is 10.1 Å². The molecule has 1 aliphatic heterocycles. The van der Waals surface area contributed by atoms with Crippen LogP contribution in [0.4, 0.5) is 0 Å². The average Bonchev–Trinajstić information content (AvgIpc) is 2.75. The Hall–Kier alpha value is -0.610. The van der Waals surface area contributed by atoms with Crippen LogP contribution in [0.3, 0.4) is 0 Å². The van der Waals surface area contributed by atoms with E-state index in [-0.39, 0.29) is 12.2 Å². The number of nitrogens with one attached hydrogen (secondary N) is 1. The van der Waals surface area contributed by atoms with Crippen LogP contribution in [-0.2, 0) is 4.79 Å². The molecule has 0 bridgehead atoms. The summed E-state index contributed by atoms with van der Waals surface area (Å²) in [6.45, 7) is 14.8. The highest BCUT2D eigenvalue weighted by molar-refractivity contribution is 5.84. The number of amides is 1. The maximum atomic E-state index is 12.6. The molecular weight excluding hydrogens is 250 g/mol. The lowest BCUT2D eigenvalue weighted by molar-refractivity contribution is -0.130. The van der Waals surface area contributed by atoms with E-state index < -0.39 is 0 Å². The van der Waals surface area contributed by atoms with Crippen LogP contribution >= 0.6 is 0 Å². The summed E-state index contributed by atoms with van der Waals surface area (Å²) >= 11 is 0. The summed E-state index contributed by atoms with van der Waals surface area (Å²) in [5, 5.41) is 3.54. The van der Waals surface area contributed by atoms with E-state index in [1.807, 2.05) is 0 Å². The highest BCUT2D eigenvalue weighted by Crippen LogP contribution is 2.20. The summed E-state index contributed by atoms with van der Waals surface area (Å²) in [5.41, 5.74) is 0. The third-order valence-electron chi connectivity index (χ3n) is 4.32. The van der Waals surface area contributed by atoms with Crippen LogP contribution in [0.2, 0.25) is 0 Å². The zero-order valence-electron chi connectivity index (χ0n) is 14.0. The average molecular weight is 283 g/mol. The summed E-state index contributed by atoms with van der Waals surface area (Å²) in [6.07, 6.45) is 3.45. The van der Waals surface area contributed by atoms with Gasteiger partial charge in [-0.1, -0.05) is 47.5 Å². The van der Waals surface area contributed by atoms with Gasteiger partial charge < -0.3 is 9.80 Å². The van der Waals surface area contributed by atoms with Crippen molar-refractivity contribution in [1.29, 1.82) is 0 Å². The number of unbranched alkanes of at least 4 members (excludes halogenated alkanes) is 1. The van der Waals surface area contributed by atoms with Crippen LogP contribution in [0, 0.1) is 5.92 Å². The van der Waals surface area contributed by atoms with E-state index in [1.165, 1.54) is 0 Å². The van der Waals surface area contributed by atoms with Gasteiger partial charge in [0.15, 0.2) is 0 Å². The van der Waals surface area contributed by atoms with E-state index in [9.17, 15) is 4.79 Å². The molecule has 1 aliphatic rings. The minimum Gasteiger partial charge on any atom is -0.324 e. The number of hydrogen-bond acceptors (Lipinski definition) is 3. The summed E-state index contributed by atoms with van der Waals surface area (Å²) in [6, 6.07) is 0.0408. The Kier molecular flexibility index (Phi) is 7.52. The topological polar surface area (TPSA) is 35.6 Å². The van der Waals surface area contributed by atoms with E-state index in [0.29, 0.717) is 11.8 Å². The number of carbonyl (C=O) groups is 1. The molecule has 4 nitrogen and oxygen atoms in total. The first-order valence-corrected chi connectivity index (χ1v) is 8.33. The van der Waals surface area contributed by atoms with Crippen molar-refractivity contribution in [3.63, 3.8) is 0 Å². The summed E-state index contributed by atoms with van der Waals surface area (Å²) in [5.74, 6) is 0.770. The van der Waals surface area contributed by atoms with E-state index in [0.717, 1.165) is 45.4 Å². The number of hydrogen-bond donors (Lipinski definition) is 1. The van der Waals surface area contributed by atoms with E-state index in [1.54, 1.807) is 0 Å². The monoisotopic (exact) mass is 283 g/mol. The van der Waals surface area contributed by atoms with Gasteiger partial charge >= 0.3 is 0 Å². The van der Waals surface area contributed by atoms with Crippen molar-refractivity contribution in [2.75, 3.05) is 26.2 Å². The Morgan fingerprint density at radius 3 is 2.40 bits per heavy atom. The first-order valence-electron chi connectivity index (χ1n) is 8.33. The number of carbonyl (C=O) groups excluding carboxylic acids is 1. The minimum absolute atomic E-state index is 0.0408. The first kappa shape index (κ1) is 17.4. The second kappa shape index (κ2) is 8.63. The normalized spacial score (nSPS) is 23.4. The first-order chi connectivity index (χ1) is 9.54. The van der Waals surface area contributed by atoms with Gasteiger partial charge in [0.05, 0.1) is 12.2 Å². The lowest BCUT2D eigenvalue weighted by Gasteiger charge is -2.29. The van der Waals surface area contributed by atoms with Gasteiger partial charge in [-0.2, -0.15) is 0 Å². The fraction of sp³-hybridized carbons (Fsp3) is 0.938. The van der Waals surface area contributed by atoms with Gasteiger partial charge in [-0.25, -0.2) is 0 Å². The van der Waals surface area contributed by atoms with Crippen LogP contribution in [0.15, 0.2) is 0 Å². The lowest BCUT2D eigenvalue weighted by atomic mass is 10.1. The van der Waals surface area contributed by atoms with Crippen LogP contribution in [0.25, 0.3) is 0 Å². The standard InChI is InChI=1S/C16H33N3O/c1-6-9-10-14-16(20)19(15(17-14)13(4)5)12-11-18(7-2)8-3/h13-15,17H,6-12H2,1-5H3. The van der Waals surface area contributed by atoms with Crippen LogP contribution in [-0.4, -0.2) is 54.1 Å². The molecule has 2 atom stereocenters. The van der Waals surface area contributed by atoms with Crippen molar-refractivity contribution in [3.05, 3.63) is 0 Å². The van der Waals surface area contributed by atoms with Crippen LogP contribution < -0.4 is 5.32 Å². The van der Waals surface area contributed by atoms with Crippen molar-refractivity contribution in [3.8, 4) is 0 Å².